The maximum Gasteiger partial charge on any atom is 0.319 e. The van der Waals surface area contributed by atoms with Crippen LogP contribution in [0.1, 0.15) is 15.4 Å². The van der Waals surface area contributed by atoms with E-state index in [1.807, 2.05) is 24.3 Å². The Labute approximate surface area is 127 Å². The number of nitrogens with zero attached hydrogens (tertiary/aromatic N) is 3. The topological polar surface area (TPSA) is 111 Å². The van der Waals surface area contributed by atoms with Crippen LogP contribution in [0.3, 0.4) is 0 Å². The summed E-state index contributed by atoms with van der Waals surface area (Å²) in [6.07, 6.45) is 1.69. The number of fused-ring (bicyclic) bond motifs is 1. The Morgan fingerprint density at radius 2 is 2.14 bits per heavy atom. The molecule has 7 nitrogen and oxygen atoms in total. The van der Waals surface area contributed by atoms with E-state index in [1.54, 1.807) is 11.6 Å². The third-order valence-electron chi connectivity index (χ3n) is 3.20. The third-order valence-corrected chi connectivity index (χ3v) is 4.04. The number of carbonyl (C=O) groups is 1. The zero-order chi connectivity index (χ0) is 15.1. The molecule has 0 aliphatic carbocycles. The van der Waals surface area contributed by atoms with Crippen molar-refractivity contribution in [3.8, 4) is 11.5 Å². The van der Waals surface area contributed by atoms with Crippen LogP contribution in [-0.2, 0) is 0 Å². The van der Waals surface area contributed by atoms with Crippen molar-refractivity contribution in [3.05, 3.63) is 46.4 Å². The van der Waals surface area contributed by atoms with Crippen molar-refractivity contribution < 1.29 is 9.32 Å². The lowest BCUT2D eigenvalue weighted by molar-refractivity contribution is 0.104. The Balaban J connectivity index is 1.73. The van der Waals surface area contributed by atoms with Gasteiger partial charge in [0.2, 0.25) is 11.6 Å². The Bertz CT molecular complexity index is 984. The van der Waals surface area contributed by atoms with E-state index in [1.165, 1.54) is 11.3 Å². The second-order valence-corrected chi connectivity index (χ2v) is 5.43. The summed E-state index contributed by atoms with van der Waals surface area (Å²) in [6, 6.07) is 7.58. The molecule has 0 amide bonds. The number of thiazole rings is 1. The van der Waals surface area contributed by atoms with Crippen molar-refractivity contribution in [2.45, 2.75) is 0 Å². The minimum atomic E-state index is -0.148. The fourth-order valence-corrected chi connectivity index (χ4v) is 2.94. The number of para-hydroxylation sites is 1. The summed E-state index contributed by atoms with van der Waals surface area (Å²) in [7, 11) is 0. The average molecular weight is 311 g/mol. The molecule has 0 atom stereocenters. The Kier molecular flexibility index (Phi) is 2.76. The summed E-state index contributed by atoms with van der Waals surface area (Å²) in [5, 5.41) is 6.62. The molecule has 8 heteroatoms. The van der Waals surface area contributed by atoms with Crippen molar-refractivity contribution in [1.82, 2.24) is 20.1 Å². The summed E-state index contributed by atoms with van der Waals surface area (Å²) in [5.74, 6) is 0.122. The molecule has 0 bridgehead atoms. The van der Waals surface area contributed by atoms with Crippen LogP contribution in [0.25, 0.3) is 22.4 Å². The number of anilines is 1. The zero-order valence-corrected chi connectivity index (χ0v) is 11.9. The molecule has 0 spiro atoms. The van der Waals surface area contributed by atoms with E-state index in [0.717, 1.165) is 10.9 Å². The van der Waals surface area contributed by atoms with Crippen molar-refractivity contribution >= 4 is 34.0 Å². The van der Waals surface area contributed by atoms with Crippen LogP contribution in [0.2, 0.25) is 0 Å². The summed E-state index contributed by atoms with van der Waals surface area (Å²) in [5.41, 5.74) is 7.35. The molecular formula is C14H9N5O2S. The first-order valence-corrected chi connectivity index (χ1v) is 7.26. The van der Waals surface area contributed by atoms with Gasteiger partial charge in [0.25, 0.3) is 0 Å². The van der Waals surface area contributed by atoms with Crippen molar-refractivity contribution in [2.24, 2.45) is 0 Å². The first kappa shape index (κ1) is 12.7. The number of nitrogens with one attached hydrogen (secondary N) is 1. The molecule has 4 aromatic rings. The maximum atomic E-state index is 12.6. The minimum absolute atomic E-state index is 0.0347. The van der Waals surface area contributed by atoms with E-state index in [-0.39, 0.29) is 17.6 Å². The lowest BCUT2D eigenvalue weighted by Crippen LogP contribution is -1.99. The molecule has 22 heavy (non-hydrogen) atoms. The Hall–Kier alpha value is -3.00. The molecule has 0 fully saturated rings. The molecular weight excluding hydrogens is 302 g/mol. The van der Waals surface area contributed by atoms with Gasteiger partial charge in [-0.3, -0.25) is 4.79 Å². The van der Waals surface area contributed by atoms with Crippen LogP contribution in [-0.4, -0.2) is 25.9 Å². The first-order chi connectivity index (χ1) is 10.7. The zero-order valence-electron chi connectivity index (χ0n) is 11.1. The van der Waals surface area contributed by atoms with E-state index < -0.39 is 0 Å². The van der Waals surface area contributed by atoms with Crippen LogP contribution >= 0.6 is 11.3 Å². The van der Waals surface area contributed by atoms with Crippen LogP contribution in [0.4, 0.5) is 6.01 Å². The first-order valence-electron chi connectivity index (χ1n) is 6.38. The molecule has 0 aliphatic heterocycles. The molecule has 1 aromatic carbocycles. The van der Waals surface area contributed by atoms with Gasteiger partial charge < -0.3 is 15.2 Å². The van der Waals surface area contributed by atoms with Gasteiger partial charge >= 0.3 is 6.01 Å². The largest absolute Gasteiger partial charge is 0.360 e. The monoisotopic (exact) mass is 311 g/mol. The van der Waals surface area contributed by atoms with Gasteiger partial charge in [0.1, 0.15) is 5.69 Å². The quantitative estimate of drug-likeness (QED) is 0.562. The molecule has 0 saturated heterocycles. The van der Waals surface area contributed by atoms with Gasteiger partial charge in [-0.1, -0.05) is 23.4 Å². The number of H-pyrrole nitrogens is 1. The number of benzene rings is 1. The summed E-state index contributed by atoms with van der Waals surface area (Å²) >= 11 is 1.23. The van der Waals surface area contributed by atoms with E-state index in [2.05, 4.69) is 20.1 Å². The molecule has 0 unspecified atom stereocenters. The molecule has 3 heterocycles. The van der Waals surface area contributed by atoms with Crippen molar-refractivity contribution in [3.63, 3.8) is 0 Å². The fourth-order valence-electron chi connectivity index (χ4n) is 2.19. The van der Waals surface area contributed by atoms with E-state index >= 15 is 0 Å². The standard InChI is InChI=1S/C14H9N5O2S/c15-14-18-12(19-21-14)10-6-22-13(17-10)11(20)8-5-16-9-4-2-1-3-7(8)9/h1-6,16H,(H2,15,18,19). The number of nitrogen functional groups attached to an aromatic ring is 1. The molecule has 0 radical (unpaired) electrons. The van der Waals surface area contributed by atoms with E-state index in [4.69, 9.17) is 10.3 Å². The second-order valence-electron chi connectivity index (χ2n) is 4.57. The van der Waals surface area contributed by atoms with Crippen molar-refractivity contribution in [1.29, 1.82) is 0 Å². The predicted molar refractivity (Wildman–Crippen MR) is 81.5 cm³/mol. The van der Waals surface area contributed by atoms with Gasteiger partial charge in [0.05, 0.1) is 5.56 Å². The van der Waals surface area contributed by atoms with Gasteiger partial charge in [0.15, 0.2) is 5.01 Å². The van der Waals surface area contributed by atoms with Crippen LogP contribution < -0.4 is 5.73 Å². The van der Waals surface area contributed by atoms with Crippen LogP contribution in [0, 0.1) is 0 Å². The van der Waals surface area contributed by atoms with Gasteiger partial charge in [-0.15, -0.1) is 11.3 Å². The number of hydrogen-bond acceptors (Lipinski definition) is 7. The third kappa shape index (κ3) is 1.97. The number of carbonyl (C=O) groups excluding carboxylic acids is 1. The highest BCUT2D eigenvalue weighted by molar-refractivity contribution is 7.12. The molecule has 3 aromatic heterocycles. The number of aromatic nitrogens is 4. The van der Waals surface area contributed by atoms with E-state index in [9.17, 15) is 4.79 Å². The van der Waals surface area contributed by atoms with Gasteiger partial charge in [-0.05, 0) is 6.07 Å². The van der Waals surface area contributed by atoms with Gasteiger partial charge in [-0.25, -0.2) is 4.98 Å². The van der Waals surface area contributed by atoms with Gasteiger partial charge in [-0.2, -0.15) is 4.98 Å². The molecule has 0 saturated carbocycles. The summed E-state index contributed by atoms with van der Waals surface area (Å²) in [4.78, 5) is 23.9. The summed E-state index contributed by atoms with van der Waals surface area (Å²) in [6.45, 7) is 0. The normalized spacial score (nSPS) is 11.1. The SMILES string of the molecule is Nc1nc(-c2csc(C(=O)c3c[nH]c4ccccc34)n2)no1. The fraction of sp³-hybridized carbons (Fsp3) is 0. The van der Waals surface area contributed by atoms with E-state index in [0.29, 0.717) is 16.3 Å². The minimum Gasteiger partial charge on any atom is -0.360 e. The number of rotatable bonds is 3. The highest BCUT2D eigenvalue weighted by atomic mass is 32.1. The summed E-state index contributed by atoms with van der Waals surface area (Å²) < 4.78 is 4.71. The highest BCUT2D eigenvalue weighted by Crippen LogP contribution is 2.25. The average Bonchev–Trinajstić information content (AvgIpc) is 3.25. The Morgan fingerprint density at radius 1 is 1.27 bits per heavy atom. The molecule has 4 rings (SSSR count). The maximum absolute atomic E-state index is 12.6. The predicted octanol–water partition coefficient (Wildman–Crippen LogP) is 2.49. The van der Waals surface area contributed by atoms with Crippen molar-refractivity contribution in [2.75, 3.05) is 5.73 Å². The number of ketones is 1. The molecule has 3 N–H and O–H groups in total. The van der Waals surface area contributed by atoms with Crippen LogP contribution in [0.15, 0.2) is 40.4 Å². The Morgan fingerprint density at radius 3 is 2.95 bits per heavy atom. The number of nitrogens with two attached hydrogens (primary N) is 1. The molecule has 108 valence electrons. The highest BCUT2D eigenvalue weighted by Gasteiger charge is 2.19. The molecule has 0 aliphatic rings. The second kappa shape index (κ2) is 4.78. The lowest BCUT2D eigenvalue weighted by atomic mass is 10.1. The smallest absolute Gasteiger partial charge is 0.319 e. The number of aromatic amines is 1. The number of hydrogen-bond donors (Lipinski definition) is 2. The van der Waals surface area contributed by atoms with Gasteiger partial charge in [0, 0.05) is 22.5 Å². The lowest BCUT2D eigenvalue weighted by Gasteiger charge is -1.94. The van der Waals surface area contributed by atoms with Crippen LogP contribution in [0.5, 0.6) is 0 Å².